The molecule has 12 heteroatoms. The molecule has 0 saturated carbocycles. The number of carbonyl (C=O) groups is 1. The molecule has 0 unspecified atom stereocenters. The van der Waals surface area contributed by atoms with Crippen molar-refractivity contribution in [3.63, 3.8) is 0 Å². The number of amides is 1. The number of aliphatic hydroxyl groups is 1. The lowest BCUT2D eigenvalue weighted by molar-refractivity contribution is -0.137. The van der Waals surface area contributed by atoms with E-state index in [1.165, 1.54) is 6.07 Å². The maximum atomic E-state index is 13.5. The van der Waals surface area contributed by atoms with Crippen molar-refractivity contribution in [3.8, 4) is 11.8 Å². The normalized spacial score (nSPS) is 15.7. The molecule has 3 aromatic rings. The van der Waals surface area contributed by atoms with Crippen LogP contribution in [0, 0.1) is 11.3 Å². The molecule has 0 radical (unpaired) electrons. The summed E-state index contributed by atoms with van der Waals surface area (Å²) in [7, 11) is 0. The number of nitriles is 1. The summed E-state index contributed by atoms with van der Waals surface area (Å²) in [6.07, 6.45) is -1.84. The van der Waals surface area contributed by atoms with E-state index >= 15 is 0 Å². The van der Waals surface area contributed by atoms with E-state index in [1.54, 1.807) is 49.5 Å². The van der Waals surface area contributed by atoms with Crippen LogP contribution in [0.5, 0.6) is 0 Å². The number of thiocarbonyl (C=S) groups is 1. The molecule has 1 N–H and O–H groups in total. The molecule has 39 heavy (non-hydrogen) atoms. The Kier molecular flexibility index (Phi) is 7.27. The minimum Gasteiger partial charge on any atom is -0.390 e. The Morgan fingerprint density at radius 3 is 2.33 bits per heavy atom. The molecule has 1 aliphatic rings. The number of anilines is 1. The molecule has 2 aromatic carbocycles. The van der Waals surface area contributed by atoms with Gasteiger partial charge in [-0.05, 0) is 88.6 Å². The summed E-state index contributed by atoms with van der Waals surface area (Å²) < 4.78 is 42.2. The van der Waals surface area contributed by atoms with Crippen molar-refractivity contribution >= 4 is 28.9 Å². The molecule has 0 bridgehead atoms. The molecule has 1 aliphatic heterocycles. The van der Waals surface area contributed by atoms with Gasteiger partial charge in [0.25, 0.3) is 5.91 Å². The largest absolute Gasteiger partial charge is 0.417 e. The number of alkyl halides is 3. The maximum absolute atomic E-state index is 13.5. The third-order valence-electron chi connectivity index (χ3n) is 6.59. The quantitative estimate of drug-likeness (QED) is 0.419. The highest BCUT2D eigenvalue weighted by molar-refractivity contribution is 7.80. The van der Waals surface area contributed by atoms with Gasteiger partial charge in [-0.3, -0.25) is 9.69 Å². The summed E-state index contributed by atoms with van der Waals surface area (Å²) >= 11 is 5.57. The fraction of sp³-hybridized carbons (Fsp3) is 0.370. The highest BCUT2D eigenvalue weighted by Crippen LogP contribution is 2.38. The van der Waals surface area contributed by atoms with Crippen LogP contribution in [-0.4, -0.2) is 47.2 Å². The SMILES string of the molecule is CC(C)(O)CCc1cn(-c2ccc(CN3C(=S)N(c4ccc(C#N)c(C(F)(F)F)c4)C(=O)C3(C)C)cc2)nn1. The lowest BCUT2D eigenvalue weighted by Gasteiger charge is -2.29. The van der Waals surface area contributed by atoms with Crippen LogP contribution in [0.4, 0.5) is 18.9 Å². The Morgan fingerprint density at radius 2 is 1.74 bits per heavy atom. The Morgan fingerprint density at radius 1 is 1.10 bits per heavy atom. The first-order valence-corrected chi connectivity index (χ1v) is 12.5. The predicted octanol–water partition coefficient (Wildman–Crippen LogP) is 4.77. The lowest BCUT2D eigenvalue weighted by atomic mass is 10.0. The molecule has 0 spiro atoms. The van der Waals surface area contributed by atoms with Crippen molar-refractivity contribution in [1.29, 1.82) is 5.26 Å². The molecule has 4 rings (SSSR count). The van der Waals surface area contributed by atoms with E-state index in [4.69, 9.17) is 17.5 Å². The topological polar surface area (TPSA) is 98.3 Å². The number of aryl methyl sites for hydroxylation is 1. The number of hydrogen-bond acceptors (Lipinski definition) is 6. The Bertz CT molecular complexity index is 1450. The highest BCUT2D eigenvalue weighted by Gasteiger charge is 2.49. The van der Waals surface area contributed by atoms with Gasteiger partial charge in [0.05, 0.1) is 46.1 Å². The summed E-state index contributed by atoms with van der Waals surface area (Å²) in [6, 6.07) is 12.0. The van der Waals surface area contributed by atoms with Gasteiger partial charge in [-0.1, -0.05) is 17.3 Å². The van der Waals surface area contributed by atoms with Crippen LogP contribution in [-0.2, 0) is 23.9 Å². The fourth-order valence-electron chi connectivity index (χ4n) is 4.24. The van der Waals surface area contributed by atoms with Gasteiger partial charge in [-0.2, -0.15) is 18.4 Å². The molecular weight excluding hydrogens is 529 g/mol. The number of nitrogens with zero attached hydrogens (tertiary/aromatic N) is 6. The second-order valence-corrected chi connectivity index (χ2v) is 10.9. The molecule has 1 fully saturated rings. The van der Waals surface area contributed by atoms with E-state index < -0.39 is 34.4 Å². The van der Waals surface area contributed by atoms with E-state index in [-0.39, 0.29) is 17.3 Å². The van der Waals surface area contributed by atoms with Crippen LogP contribution in [0.3, 0.4) is 0 Å². The van der Waals surface area contributed by atoms with Crippen LogP contribution < -0.4 is 4.90 Å². The van der Waals surface area contributed by atoms with E-state index in [2.05, 4.69) is 10.3 Å². The Balaban J connectivity index is 1.54. The van der Waals surface area contributed by atoms with Crippen LogP contribution in [0.2, 0.25) is 0 Å². The number of aromatic nitrogens is 3. The number of carbonyl (C=O) groups excluding carboxylic acids is 1. The monoisotopic (exact) mass is 556 g/mol. The molecule has 0 aliphatic carbocycles. The minimum absolute atomic E-state index is 0.0474. The van der Waals surface area contributed by atoms with Gasteiger partial charge >= 0.3 is 6.18 Å². The lowest BCUT2D eigenvalue weighted by Crippen LogP contribution is -2.43. The number of halogens is 3. The van der Waals surface area contributed by atoms with Crippen LogP contribution in [0.15, 0.2) is 48.7 Å². The first-order valence-electron chi connectivity index (χ1n) is 12.1. The first-order chi connectivity index (χ1) is 18.1. The zero-order valence-electron chi connectivity index (χ0n) is 21.8. The van der Waals surface area contributed by atoms with Crippen LogP contribution in [0.25, 0.3) is 5.69 Å². The van der Waals surface area contributed by atoms with E-state index in [1.807, 2.05) is 24.3 Å². The van der Waals surface area contributed by atoms with Crippen molar-refractivity contribution in [2.75, 3.05) is 4.90 Å². The second-order valence-electron chi connectivity index (χ2n) is 10.5. The molecule has 0 atom stereocenters. The van der Waals surface area contributed by atoms with Crippen LogP contribution in [0.1, 0.15) is 56.5 Å². The van der Waals surface area contributed by atoms with Gasteiger partial charge in [0.1, 0.15) is 5.54 Å². The van der Waals surface area contributed by atoms with Crippen LogP contribution >= 0.6 is 12.2 Å². The van der Waals surface area contributed by atoms with Gasteiger partial charge in [0.2, 0.25) is 0 Å². The number of hydrogen-bond donors (Lipinski definition) is 1. The summed E-state index contributed by atoms with van der Waals surface area (Å²) in [6.45, 7) is 7.04. The number of rotatable bonds is 7. The Hall–Kier alpha value is -3.82. The van der Waals surface area contributed by atoms with Gasteiger partial charge < -0.3 is 10.0 Å². The maximum Gasteiger partial charge on any atom is 0.417 e. The average molecular weight is 557 g/mol. The summed E-state index contributed by atoms with van der Waals surface area (Å²) in [5.74, 6) is -0.469. The zero-order valence-corrected chi connectivity index (χ0v) is 22.6. The van der Waals surface area contributed by atoms with Crippen molar-refractivity contribution in [1.82, 2.24) is 19.9 Å². The van der Waals surface area contributed by atoms with Crippen molar-refractivity contribution in [2.45, 2.75) is 64.4 Å². The molecule has 1 saturated heterocycles. The van der Waals surface area contributed by atoms with E-state index in [0.29, 0.717) is 12.8 Å². The third kappa shape index (κ3) is 5.79. The molecular formula is C27H27F3N6O2S. The van der Waals surface area contributed by atoms with E-state index in [0.717, 1.165) is 34.0 Å². The van der Waals surface area contributed by atoms with Crippen molar-refractivity contribution in [2.24, 2.45) is 0 Å². The second kappa shape index (κ2) is 10.1. The van der Waals surface area contributed by atoms with Gasteiger partial charge in [0, 0.05) is 6.54 Å². The highest BCUT2D eigenvalue weighted by atomic mass is 32.1. The fourth-order valence-corrected chi connectivity index (χ4v) is 4.72. The summed E-state index contributed by atoms with van der Waals surface area (Å²) in [5, 5.41) is 27.4. The molecule has 1 aromatic heterocycles. The minimum atomic E-state index is -4.76. The van der Waals surface area contributed by atoms with Gasteiger partial charge in [0.15, 0.2) is 5.11 Å². The summed E-state index contributed by atoms with van der Waals surface area (Å²) in [5.41, 5.74) is -1.29. The van der Waals surface area contributed by atoms with Crippen molar-refractivity contribution < 1.29 is 23.1 Å². The smallest absolute Gasteiger partial charge is 0.390 e. The molecule has 2 heterocycles. The molecule has 8 nitrogen and oxygen atoms in total. The van der Waals surface area contributed by atoms with E-state index in [9.17, 15) is 23.1 Å². The zero-order chi connectivity index (χ0) is 28.8. The molecule has 1 amide bonds. The van der Waals surface area contributed by atoms with Gasteiger partial charge in [-0.25, -0.2) is 4.68 Å². The third-order valence-corrected chi connectivity index (χ3v) is 6.99. The van der Waals surface area contributed by atoms with Crippen molar-refractivity contribution in [3.05, 3.63) is 71.0 Å². The predicted molar refractivity (Wildman–Crippen MR) is 142 cm³/mol. The summed E-state index contributed by atoms with van der Waals surface area (Å²) in [4.78, 5) is 16.1. The Labute approximate surface area is 229 Å². The standard InChI is InChI=1S/C27H27F3N6O2S/c1-25(2,38)12-11-19-16-35(33-32-19)20-8-5-17(6-9-20)15-34-24(39)36(23(37)26(34,3)4)21-10-7-18(14-31)22(13-21)27(28,29)30/h5-10,13,16,38H,11-12,15H2,1-4H3. The average Bonchev–Trinajstić information content (AvgIpc) is 3.40. The number of benzene rings is 2. The first kappa shape index (κ1) is 28.2. The molecule has 204 valence electrons. The van der Waals surface area contributed by atoms with Gasteiger partial charge in [-0.15, -0.1) is 5.10 Å².